The first-order valence-corrected chi connectivity index (χ1v) is 24.8. The molecule has 2 unspecified atom stereocenters. The topological polar surface area (TPSA) is 188 Å². The number of pyridine rings is 1. The van der Waals surface area contributed by atoms with Gasteiger partial charge in [0.2, 0.25) is 27.7 Å². The number of methoxy groups -OCH3 is 1. The number of fused-ring (bicyclic) bond motifs is 3. The maximum Gasteiger partial charge on any atom is 0.320 e. The van der Waals surface area contributed by atoms with Crippen molar-refractivity contribution in [1.29, 1.82) is 0 Å². The number of amides is 6. The zero-order valence-electron chi connectivity index (χ0n) is 37.0. The zero-order chi connectivity index (χ0) is 45.3. The number of carbonyl (C=O) groups is 5. The zero-order valence-corrected chi connectivity index (χ0v) is 37.8. The fourth-order valence-electron chi connectivity index (χ4n) is 9.91. The van der Waals surface area contributed by atoms with Crippen LogP contribution in [-0.4, -0.2) is 139 Å². The van der Waals surface area contributed by atoms with E-state index in [4.69, 9.17) is 14.5 Å². The van der Waals surface area contributed by atoms with Crippen molar-refractivity contribution < 1.29 is 41.9 Å². The Kier molecular flexibility index (Phi) is 12.8. The monoisotopic (exact) mass is 909 g/mol. The molecule has 17 heteroatoms. The van der Waals surface area contributed by atoms with Crippen LogP contribution >= 0.6 is 0 Å². The SMILES string of the molecule is COc1ccc2c(O[C@@H]3C[C@H]4C(=O)NC5(C(=O)NS(=O)(=O)C6CC6)CC5/C=C\CCCCC[C@H](CC(=O)N5CCN(C(=O)N6CCCC6)CC5)C(=O)N4C3)cc(-c3ccccc3)nc2c1. The summed E-state index contributed by atoms with van der Waals surface area (Å²) in [6.07, 6.45) is 9.78. The number of sulfonamides is 1. The van der Waals surface area contributed by atoms with E-state index in [2.05, 4.69) is 10.0 Å². The number of carbonyl (C=O) groups excluding carboxylic acids is 5. The van der Waals surface area contributed by atoms with Crippen molar-refractivity contribution in [3.63, 3.8) is 0 Å². The molecule has 0 spiro atoms. The van der Waals surface area contributed by atoms with E-state index in [0.29, 0.717) is 86.4 Å². The molecule has 346 valence electrons. The highest BCUT2D eigenvalue weighted by molar-refractivity contribution is 7.91. The number of rotatable bonds is 9. The number of benzene rings is 2. The van der Waals surface area contributed by atoms with Crippen molar-refractivity contribution in [2.24, 2.45) is 11.8 Å². The van der Waals surface area contributed by atoms with Crippen molar-refractivity contribution in [2.75, 3.05) is 52.9 Å². The van der Waals surface area contributed by atoms with Crippen LogP contribution < -0.4 is 19.5 Å². The molecule has 2 aliphatic carbocycles. The van der Waals surface area contributed by atoms with E-state index in [0.717, 1.165) is 44.3 Å². The predicted octanol–water partition coefficient (Wildman–Crippen LogP) is 4.63. The number of nitrogens with zero attached hydrogens (tertiary/aromatic N) is 5. The van der Waals surface area contributed by atoms with Gasteiger partial charge < -0.3 is 34.4 Å². The molecule has 65 heavy (non-hydrogen) atoms. The molecule has 2 saturated carbocycles. The predicted molar refractivity (Wildman–Crippen MR) is 242 cm³/mol. The third-order valence-corrected chi connectivity index (χ3v) is 15.8. The number of piperazine rings is 1. The van der Waals surface area contributed by atoms with Gasteiger partial charge in [0.25, 0.3) is 5.91 Å². The van der Waals surface area contributed by atoms with Gasteiger partial charge in [-0.1, -0.05) is 55.3 Å². The van der Waals surface area contributed by atoms with Crippen molar-refractivity contribution in [2.45, 2.75) is 100.0 Å². The van der Waals surface area contributed by atoms with Crippen LogP contribution in [0.25, 0.3) is 22.2 Å². The van der Waals surface area contributed by atoms with Gasteiger partial charge in [0, 0.05) is 87.0 Å². The minimum atomic E-state index is -3.92. The second-order valence-electron chi connectivity index (χ2n) is 18.5. The molecule has 0 bridgehead atoms. The Morgan fingerprint density at radius 2 is 1.62 bits per heavy atom. The number of likely N-dealkylation sites (tertiary alicyclic amines) is 1. The summed E-state index contributed by atoms with van der Waals surface area (Å²) in [7, 11) is -2.33. The van der Waals surface area contributed by atoms with E-state index in [-0.39, 0.29) is 43.7 Å². The van der Waals surface area contributed by atoms with Crippen molar-refractivity contribution in [1.82, 2.24) is 34.6 Å². The van der Waals surface area contributed by atoms with Crippen molar-refractivity contribution in [3.05, 3.63) is 66.7 Å². The Morgan fingerprint density at radius 3 is 2.35 bits per heavy atom. The van der Waals surface area contributed by atoms with Crippen LogP contribution in [-0.2, 0) is 29.2 Å². The lowest BCUT2D eigenvalue weighted by atomic mass is 9.94. The normalized spacial score (nSPS) is 26.9. The van der Waals surface area contributed by atoms with Gasteiger partial charge in [-0.25, -0.2) is 18.2 Å². The summed E-state index contributed by atoms with van der Waals surface area (Å²) in [5.41, 5.74) is 0.638. The third kappa shape index (κ3) is 9.66. The van der Waals surface area contributed by atoms with E-state index in [9.17, 15) is 27.6 Å². The van der Waals surface area contributed by atoms with Crippen molar-refractivity contribution >= 4 is 50.6 Å². The van der Waals surface area contributed by atoms with Crippen LogP contribution in [0, 0.1) is 11.8 Å². The fourth-order valence-corrected chi connectivity index (χ4v) is 11.3. The van der Waals surface area contributed by atoms with Crippen molar-refractivity contribution in [3.8, 4) is 22.8 Å². The highest BCUT2D eigenvalue weighted by atomic mass is 32.2. The van der Waals surface area contributed by atoms with Crippen LogP contribution in [0.15, 0.2) is 66.7 Å². The van der Waals surface area contributed by atoms with Crippen LogP contribution in [0.1, 0.15) is 77.0 Å². The third-order valence-electron chi connectivity index (χ3n) is 14.0. The number of nitrogens with one attached hydrogen (secondary N) is 2. The van der Waals surface area contributed by atoms with E-state index >= 15 is 4.79 Å². The molecule has 9 rings (SSSR count). The maximum atomic E-state index is 15.1. The molecule has 4 aliphatic heterocycles. The fraction of sp³-hybridized carbons (Fsp3) is 0.542. The number of ether oxygens (including phenoxy) is 2. The molecule has 6 amide bonds. The minimum absolute atomic E-state index is 0.00804. The minimum Gasteiger partial charge on any atom is -0.497 e. The summed E-state index contributed by atoms with van der Waals surface area (Å²) in [4.78, 5) is 82.8. The molecule has 1 aromatic heterocycles. The number of hydrogen-bond acceptors (Lipinski definition) is 10. The second kappa shape index (κ2) is 18.6. The van der Waals surface area contributed by atoms with Crippen LogP contribution in [0.2, 0.25) is 0 Å². The summed E-state index contributed by atoms with van der Waals surface area (Å²) < 4.78 is 40.6. The average molecular weight is 910 g/mol. The summed E-state index contributed by atoms with van der Waals surface area (Å²) in [6.45, 7) is 3.10. The smallest absolute Gasteiger partial charge is 0.320 e. The van der Waals surface area contributed by atoms with E-state index in [1.165, 1.54) is 4.90 Å². The van der Waals surface area contributed by atoms with Gasteiger partial charge in [-0.2, -0.15) is 0 Å². The summed E-state index contributed by atoms with van der Waals surface area (Å²) in [6, 6.07) is 15.9. The van der Waals surface area contributed by atoms with Gasteiger partial charge >= 0.3 is 6.03 Å². The molecule has 5 fully saturated rings. The largest absolute Gasteiger partial charge is 0.497 e. The summed E-state index contributed by atoms with van der Waals surface area (Å²) in [5, 5.41) is 3.03. The number of allylic oxidation sites excluding steroid dienone is 1. The quantitative estimate of drug-likeness (QED) is 0.287. The lowest BCUT2D eigenvalue weighted by Gasteiger charge is -2.37. The van der Waals surface area contributed by atoms with E-state index in [1.54, 1.807) is 16.9 Å². The van der Waals surface area contributed by atoms with Crippen LogP contribution in [0.4, 0.5) is 4.79 Å². The Morgan fingerprint density at radius 1 is 0.877 bits per heavy atom. The number of hydrogen-bond donors (Lipinski definition) is 2. The Labute approximate surface area is 380 Å². The molecule has 2 N–H and O–H groups in total. The first kappa shape index (κ1) is 44.5. The second-order valence-corrected chi connectivity index (χ2v) is 20.5. The van der Waals surface area contributed by atoms with Gasteiger partial charge in [0.05, 0.1) is 30.1 Å². The standard InChI is InChI=1S/C48H59N7O9S/c1-63-35-16-19-38-40(27-35)49-39(32-12-7-5-8-13-32)29-42(38)64-36-28-41-44(57)50-48(46(59)51-65(61,62)37-17-18-37)30-34(48)15-9-4-2-3-6-14-33(45(58)55(41)31-36)26-43(56)52-22-24-54(25-23-52)47(60)53-20-10-11-21-53/h5,7-9,12-13,15-16,19,27,29,33-34,36-37,41H,2-4,6,10-11,14,17-18,20-26,28,30-31H2,1H3,(H,50,57)(H,51,59)/b15-9-/t33-,34?,36-,41+,48?/m1/s1. The highest BCUT2D eigenvalue weighted by Crippen LogP contribution is 2.46. The van der Waals surface area contributed by atoms with Gasteiger partial charge in [-0.05, 0) is 63.5 Å². The molecule has 6 aliphatic rings. The average Bonchev–Trinajstić information content (AvgIpc) is 4.18. The van der Waals surface area contributed by atoms with Gasteiger partial charge in [0.1, 0.15) is 29.2 Å². The summed E-state index contributed by atoms with van der Waals surface area (Å²) in [5.74, 6) is -1.95. The maximum absolute atomic E-state index is 15.1. The molecule has 5 heterocycles. The molecule has 5 atom stereocenters. The van der Waals surface area contributed by atoms with Gasteiger partial charge in [-0.3, -0.25) is 23.9 Å². The Bertz CT molecular complexity index is 2450. The molecule has 2 aromatic carbocycles. The lowest BCUT2D eigenvalue weighted by Crippen LogP contribution is -2.57. The van der Waals surface area contributed by atoms with Crippen LogP contribution in [0.5, 0.6) is 11.5 Å². The highest BCUT2D eigenvalue weighted by Gasteiger charge is 2.62. The molecule has 0 radical (unpaired) electrons. The van der Waals surface area contributed by atoms with Gasteiger partial charge in [-0.15, -0.1) is 0 Å². The lowest BCUT2D eigenvalue weighted by molar-refractivity contribution is -0.146. The van der Waals surface area contributed by atoms with Crippen LogP contribution in [0.3, 0.4) is 0 Å². The summed E-state index contributed by atoms with van der Waals surface area (Å²) >= 11 is 0. The number of urea groups is 1. The van der Waals surface area contributed by atoms with E-state index < -0.39 is 56.6 Å². The Balaban J connectivity index is 1.000. The molecule has 3 saturated heterocycles. The first-order valence-electron chi connectivity index (χ1n) is 23.3. The van der Waals surface area contributed by atoms with E-state index in [1.807, 2.05) is 71.6 Å². The first-order chi connectivity index (χ1) is 31.4. The molecule has 3 aromatic rings. The Hall–Kier alpha value is -5.71. The van der Waals surface area contributed by atoms with Gasteiger partial charge in [0.15, 0.2) is 0 Å². The number of aromatic nitrogens is 1. The molecule has 16 nitrogen and oxygen atoms in total. The molecular formula is C48H59N7O9S. The molecular weight excluding hydrogens is 851 g/mol.